The molecular weight excluding hydrogens is 327 g/mol. The Kier molecular flexibility index (Phi) is 4.47. The molecule has 0 saturated heterocycles. The molecule has 110 valence electrons. The highest BCUT2D eigenvalue weighted by molar-refractivity contribution is 7.15. The average molecular weight is 341 g/mol. The van der Waals surface area contributed by atoms with Crippen LogP contribution in [0.15, 0.2) is 36.0 Å². The fourth-order valence-corrected chi connectivity index (χ4v) is 3.47. The van der Waals surface area contributed by atoms with Gasteiger partial charge < -0.3 is 0 Å². The van der Waals surface area contributed by atoms with E-state index in [9.17, 15) is 0 Å². The quantitative estimate of drug-likeness (QED) is 0.553. The van der Waals surface area contributed by atoms with E-state index in [2.05, 4.69) is 10.4 Å². The van der Waals surface area contributed by atoms with Crippen molar-refractivity contribution in [3.63, 3.8) is 0 Å². The first-order valence-electron chi connectivity index (χ1n) is 6.47. The molecule has 1 aromatic carbocycles. The smallest absolute Gasteiger partial charge is 0.193 e. The van der Waals surface area contributed by atoms with Crippen molar-refractivity contribution in [3.8, 4) is 0 Å². The SMILES string of the molecule is NNC(Cc1cn2ccsc2n1)Cc1ccc(Cl)cc1Cl. The summed E-state index contributed by atoms with van der Waals surface area (Å²) in [5.41, 5.74) is 4.87. The lowest BCUT2D eigenvalue weighted by atomic mass is 10.0. The van der Waals surface area contributed by atoms with Crippen LogP contribution in [0.2, 0.25) is 10.0 Å². The molecule has 1 atom stereocenters. The van der Waals surface area contributed by atoms with Gasteiger partial charge in [0.05, 0.1) is 5.69 Å². The minimum Gasteiger partial charge on any atom is -0.297 e. The van der Waals surface area contributed by atoms with Crippen molar-refractivity contribution in [3.05, 3.63) is 57.3 Å². The van der Waals surface area contributed by atoms with Crippen molar-refractivity contribution in [2.45, 2.75) is 18.9 Å². The highest BCUT2D eigenvalue weighted by Gasteiger charge is 2.14. The molecule has 0 radical (unpaired) electrons. The number of rotatable bonds is 5. The zero-order valence-electron chi connectivity index (χ0n) is 11.1. The Morgan fingerprint density at radius 2 is 2.19 bits per heavy atom. The van der Waals surface area contributed by atoms with E-state index >= 15 is 0 Å². The predicted octanol–water partition coefficient (Wildman–Crippen LogP) is 3.32. The molecule has 3 rings (SSSR count). The van der Waals surface area contributed by atoms with E-state index in [1.165, 1.54) is 0 Å². The van der Waals surface area contributed by atoms with Gasteiger partial charge in [0.25, 0.3) is 0 Å². The first kappa shape index (κ1) is 14.8. The number of imidazole rings is 1. The Balaban J connectivity index is 1.74. The summed E-state index contributed by atoms with van der Waals surface area (Å²) in [4.78, 5) is 5.56. The van der Waals surface area contributed by atoms with Gasteiger partial charge >= 0.3 is 0 Å². The number of benzene rings is 1. The molecule has 0 aliphatic rings. The number of hydrazine groups is 1. The summed E-state index contributed by atoms with van der Waals surface area (Å²) in [6, 6.07) is 5.58. The maximum atomic E-state index is 6.21. The summed E-state index contributed by atoms with van der Waals surface area (Å²) in [6.07, 6.45) is 5.48. The molecule has 2 heterocycles. The number of hydrogen-bond donors (Lipinski definition) is 2. The summed E-state index contributed by atoms with van der Waals surface area (Å²) in [5.74, 6) is 5.67. The van der Waals surface area contributed by atoms with Crippen LogP contribution in [0.3, 0.4) is 0 Å². The molecule has 0 spiro atoms. The van der Waals surface area contributed by atoms with Crippen molar-refractivity contribution in [1.29, 1.82) is 0 Å². The standard InChI is InChI=1S/C14H14Cl2N4S/c15-10-2-1-9(13(16)6-10)5-11(19-17)7-12-8-20-3-4-21-14(20)18-12/h1-4,6,8,11,19H,5,7,17H2. The van der Waals surface area contributed by atoms with Crippen LogP contribution < -0.4 is 11.3 Å². The lowest BCUT2D eigenvalue weighted by Crippen LogP contribution is -2.38. The number of thiazole rings is 1. The van der Waals surface area contributed by atoms with Crippen molar-refractivity contribution in [2.24, 2.45) is 5.84 Å². The highest BCUT2D eigenvalue weighted by atomic mass is 35.5. The van der Waals surface area contributed by atoms with Gasteiger partial charge in [0.1, 0.15) is 0 Å². The largest absolute Gasteiger partial charge is 0.297 e. The van der Waals surface area contributed by atoms with Crippen LogP contribution in [0.1, 0.15) is 11.3 Å². The summed E-state index contributed by atoms with van der Waals surface area (Å²) < 4.78 is 2.02. The van der Waals surface area contributed by atoms with Gasteiger partial charge in [0.15, 0.2) is 4.96 Å². The summed E-state index contributed by atoms with van der Waals surface area (Å²) in [6.45, 7) is 0. The van der Waals surface area contributed by atoms with Gasteiger partial charge in [-0.05, 0) is 24.1 Å². The van der Waals surface area contributed by atoms with E-state index < -0.39 is 0 Å². The summed E-state index contributed by atoms with van der Waals surface area (Å²) in [5, 5.41) is 3.31. The van der Waals surface area contributed by atoms with Crippen LogP contribution in [-0.4, -0.2) is 15.4 Å². The topological polar surface area (TPSA) is 55.3 Å². The molecule has 3 aromatic rings. The Bertz CT molecular complexity index is 724. The molecule has 21 heavy (non-hydrogen) atoms. The molecule has 0 aliphatic carbocycles. The van der Waals surface area contributed by atoms with Crippen LogP contribution in [0.4, 0.5) is 0 Å². The van der Waals surface area contributed by atoms with E-state index in [1.807, 2.05) is 34.3 Å². The second-order valence-electron chi connectivity index (χ2n) is 4.83. The van der Waals surface area contributed by atoms with E-state index in [0.717, 1.165) is 29.1 Å². The molecule has 0 saturated carbocycles. The third-order valence-corrected chi connectivity index (χ3v) is 4.67. The van der Waals surface area contributed by atoms with Gasteiger partial charge in [-0.3, -0.25) is 15.7 Å². The summed E-state index contributed by atoms with van der Waals surface area (Å²) >= 11 is 13.7. The van der Waals surface area contributed by atoms with Crippen LogP contribution >= 0.6 is 34.5 Å². The van der Waals surface area contributed by atoms with Gasteiger partial charge in [0.2, 0.25) is 0 Å². The average Bonchev–Trinajstić information content (AvgIpc) is 3.01. The minimum atomic E-state index is 0.0632. The lowest BCUT2D eigenvalue weighted by molar-refractivity contribution is 0.518. The van der Waals surface area contributed by atoms with Gasteiger partial charge in [-0.1, -0.05) is 29.3 Å². The van der Waals surface area contributed by atoms with Crippen molar-refractivity contribution < 1.29 is 0 Å². The fourth-order valence-electron chi connectivity index (χ4n) is 2.27. The second-order valence-corrected chi connectivity index (χ2v) is 6.55. The molecule has 0 fully saturated rings. The van der Waals surface area contributed by atoms with Gasteiger partial charge in [-0.25, -0.2) is 4.98 Å². The van der Waals surface area contributed by atoms with Gasteiger partial charge in [-0.15, -0.1) is 11.3 Å². The van der Waals surface area contributed by atoms with Crippen molar-refractivity contribution >= 4 is 39.5 Å². The Morgan fingerprint density at radius 1 is 1.33 bits per heavy atom. The lowest BCUT2D eigenvalue weighted by Gasteiger charge is -2.15. The fraction of sp³-hybridized carbons (Fsp3) is 0.214. The molecule has 1 unspecified atom stereocenters. The maximum absolute atomic E-state index is 6.21. The molecule has 0 aliphatic heterocycles. The number of nitrogens with one attached hydrogen (secondary N) is 1. The van der Waals surface area contributed by atoms with Gasteiger partial charge in [-0.2, -0.15) is 0 Å². The first-order valence-corrected chi connectivity index (χ1v) is 8.10. The highest BCUT2D eigenvalue weighted by Crippen LogP contribution is 2.23. The van der Waals surface area contributed by atoms with Crippen LogP contribution in [-0.2, 0) is 12.8 Å². The molecular formula is C14H14Cl2N4S. The second kappa shape index (κ2) is 6.34. The number of nitrogens with two attached hydrogens (primary N) is 1. The molecule has 2 aromatic heterocycles. The van der Waals surface area contributed by atoms with E-state index in [-0.39, 0.29) is 6.04 Å². The zero-order chi connectivity index (χ0) is 14.8. The number of aromatic nitrogens is 2. The number of halogens is 2. The van der Waals surface area contributed by atoms with Crippen molar-refractivity contribution in [1.82, 2.24) is 14.8 Å². The third-order valence-electron chi connectivity index (χ3n) is 3.32. The normalized spacial score (nSPS) is 12.9. The zero-order valence-corrected chi connectivity index (χ0v) is 13.4. The van der Waals surface area contributed by atoms with E-state index in [4.69, 9.17) is 29.0 Å². The van der Waals surface area contributed by atoms with Crippen LogP contribution in [0.25, 0.3) is 4.96 Å². The molecule has 4 nitrogen and oxygen atoms in total. The molecule has 0 amide bonds. The number of fused-ring (bicyclic) bond motifs is 1. The molecule has 3 N–H and O–H groups in total. The van der Waals surface area contributed by atoms with Gasteiger partial charge in [0, 0.05) is 40.3 Å². The summed E-state index contributed by atoms with van der Waals surface area (Å²) in [7, 11) is 0. The third kappa shape index (κ3) is 3.39. The maximum Gasteiger partial charge on any atom is 0.193 e. The Morgan fingerprint density at radius 3 is 2.90 bits per heavy atom. The predicted molar refractivity (Wildman–Crippen MR) is 88.1 cm³/mol. The Labute approximate surface area is 136 Å². The monoisotopic (exact) mass is 340 g/mol. The first-order chi connectivity index (χ1) is 10.2. The number of hydrogen-bond acceptors (Lipinski definition) is 4. The van der Waals surface area contributed by atoms with Crippen molar-refractivity contribution in [2.75, 3.05) is 0 Å². The van der Waals surface area contributed by atoms with Crippen LogP contribution in [0.5, 0.6) is 0 Å². The Hall–Kier alpha value is -1.11. The van der Waals surface area contributed by atoms with E-state index in [1.54, 1.807) is 17.4 Å². The van der Waals surface area contributed by atoms with Crippen LogP contribution in [0, 0.1) is 0 Å². The van der Waals surface area contributed by atoms with E-state index in [0.29, 0.717) is 10.0 Å². The molecule has 7 heteroatoms. The minimum absolute atomic E-state index is 0.0632. The molecule has 0 bridgehead atoms. The number of nitrogens with zero attached hydrogens (tertiary/aromatic N) is 2.